The molecule has 1 aromatic heterocycles. The van der Waals surface area contributed by atoms with E-state index in [0.29, 0.717) is 27.0 Å². The first-order valence-corrected chi connectivity index (χ1v) is 8.13. The molecule has 126 valence electrons. The molecule has 0 bridgehead atoms. The number of halogens is 2. The summed E-state index contributed by atoms with van der Waals surface area (Å²) in [6.45, 7) is 0. The SMILES string of the molecule is O=C(O)c1ccccc1C=Nn1c(-c2ccc(Cl)cc2Cl)n[nH]c1=S. The number of carboxylic acids is 1. The van der Waals surface area contributed by atoms with Crippen LogP contribution in [-0.2, 0) is 0 Å². The molecule has 2 aromatic carbocycles. The first-order valence-electron chi connectivity index (χ1n) is 6.97. The fourth-order valence-electron chi connectivity index (χ4n) is 2.17. The number of nitrogens with zero attached hydrogens (tertiary/aromatic N) is 3. The summed E-state index contributed by atoms with van der Waals surface area (Å²) in [5.41, 5.74) is 1.15. The van der Waals surface area contributed by atoms with Gasteiger partial charge in [-0.2, -0.15) is 14.9 Å². The Labute approximate surface area is 157 Å². The second-order valence-corrected chi connectivity index (χ2v) is 6.16. The van der Waals surface area contributed by atoms with Gasteiger partial charge in [0.1, 0.15) is 0 Å². The lowest BCUT2D eigenvalue weighted by Crippen LogP contribution is -2.02. The van der Waals surface area contributed by atoms with Crippen LogP contribution in [0.15, 0.2) is 47.6 Å². The zero-order valence-corrected chi connectivity index (χ0v) is 14.8. The number of nitrogens with one attached hydrogen (secondary N) is 1. The molecule has 3 rings (SSSR count). The van der Waals surface area contributed by atoms with Crippen LogP contribution in [0.5, 0.6) is 0 Å². The Morgan fingerprint density at radius 3 is 2.76 bits per heavy atom. The van der Waals surface area contributed by atoms with Crippen LogP contribution in [-0.4, -0.2) is 32.2 Å². The zero-order valence-electron chi connectivity index (χ0n) is 12.5. The van der Waals surface area contributed by atoms with Crippen molar-refractivity contribution in [1.82, 2.24) is 14.9 Å². The monoisotopic (exact) mass is 392 g/mol. The molecule has 0 spiro atoms. The van der Waals surface area contributed by atoms with Gasteiger partial charge >= 0.3 is 5.97 Å². The highest BCUT2D eigenvalue weighted by Gasteiger charge is 2.13. The Bertz CT molecular complexity index is 1040. The summed E-state index contributed by atoms with van der Waals surface area (Å²) in [4.78, 5) is 11.3. The molecule has 0 aliphatic heterocycles. The predicted molar refractivity (Wildman–Crippen MR) is 99.3 cm³/mol. The summed E-state index contributed by atoms with van der Waals surface area (Å²) in [5.74, 6) is -0.658. The van der Waals surface area contributed by atoms with E-state index >= 15 is 0 Å². The maximum absolute atomic E-state index is 11.3. The number of hydrogen-bond acceptors (Lipinski definition) is 4. The minimum atomic E-state index is -1.04. The van der Waals surface area contributed by atoms with E-state index in [4.69, 9.17) is 35.4 Å². The molecule has 0 unspecified atom stereocenters. The molecule has 0 saturated heterocycles. The number of carboxylic acid groups (broad SMARTS) is 1. The summed E-state index contributed by atoms with van der Waals surface area (Å²) in [5, 5.41) is 21.2. The second kappa shape index (κ2) is 7.18. The van der Waals surface area contributed by atoms with E-state index in [2.05, 4.69) is 15.3 Å². The highest BCUT2D eigenvalue weighted by Crippen LogP contribution is 2.29. The van der Waals surface area contributed by atoms with E-state index in [1.54, 1.807) is 36.4 Å². The molecule has 9 heteroatoms. The van der Waals surface area contributed by atoms with Gasteiger partial charge in [-0.15, -0.1) is 0 Å². The van der Waals surface area contributed by atoms with E-state index in [9.17, 15) is 9.90 Å². The molecule has 0 aliphatic carbocycles. The van der Waals surface area contributed by atoms with Crippen molar-refractivity contribution in [3.05, 3.63) is 68.4 Å². The van der Waals surface area contributed by atoms with Gasteiger partial charge in [0.15, 0.2) is 5.82 Å². The Kier molecular flexibility index (Phi) is 4.98. The number of aromatic nitrogens is 3. The fourth-order valence-corrected chi connectivity index (χ4v) is 2.84. The summed E-state index contributed by atoms with van der Waals surface area (Å²) in [6.07, 6.45) is 1.40. The third-order valence-electron chi connectivity index (χ3n) is 3.33. The Morgan fingerprint density at radius 2 is 2.04 bits per heavy atom. The predicted octanol–water partition coefficient (Wildman–Crippen LogP) is 4.49. The second-order valence-electron chi connectivity index (χ2n) is 4.93. The molecule has 0 radical (unpaired) electrons. The maximum atomic E-state index is 11.3. The highest BCUT2D eigenvalue weighted by molar-refractivity contribution is 7.71. The van der Waals surface area contributed by atoms with Gasteiger partial charge in [-0.25, -0.2) is 9.89 Å². The van der Waals surface area contributed by atoms with Gasteiger partial charge in [-0.1, -0.05) is 41.4 Å². The van der Waals surface area contributed by atoms with Crippen LogP contribution < -0.4 is 0 Å². The number of H-pyrrole nitrogens is 1. The first kappa shape index (κ1) is 17.3. The molecule has 3 aromatic rings. The van der Waals surface area contributed by atoms with Gasteiger partial charge in [0.25, 0.3) is 0 Å². The van der Waals surface area contributed by atoms with Crippen LogP contribution in [0.2, 0.25) is 10.0 Å². The van der Waals surface area contributed by atoms with Crippen molar-refractivity contribution in [1.29, 1.82) is 0 Å². The number of aromatic amines is 1. The smallest absolute Gasteiger partial charge is 0.336 e. The van der Waals surface area contributed by atoms with Crippen molar-refractivity contribution in [2.75, 3.05) is 0 Å². The average Bonchev–Trinajstić information content (AvgIpc) is 2.94. The molecule has 25 heavy (non-hydrogen) atoms. The Morgan fingerprint density at radius 1 is 1.28 bits per heavy atom. The average molecular weight is 393 g/mol. The zero-order chi connectivity index (χ0) is 18.0. The quantitative estimate of drug-likeness (QED) is 0.505. The van der Waals surface area contributed by atoms with Crippen molar-refractivity contribution < 1.29 is 9.90 Å². The van der Waals surface area contributed by atoms with Gasteiger partial charge < -0.3 is 5.11 Å². The molecular formula is C16H10Cl2N4O2S. The normalized spacial score (nSPS) is 11.1. The minimum Gasteiger partial charge on any atom is -0.478 e. The van der Waals surface area contributed by atoms with Gasteiger partial charge in [0, 0.05) is 16.1 Å². The number of carbonyl (C=O) groups is 1. The van der Waals surface area contributed by atoms with E-state index < -0.39 is 5.97 Å². The van der Waals surface area contributed by atoms with E-state index in [1.807, 2.05) is 0 Å². The molecule has 0 atom stereocenters. The molecule has 0 fully saturated rings. The van der Waals surface area contributed by atoms with Crippen molar-refractivity contribution >= 4 is 47.6 Å². The Hall–Kier alpha value is -2.48. The molecule has 6 nitrogen and oxygen atoms in total. The third kappa shape index (κ3) is 3.63. The highest BCUT2D eigenvalue weighted by atomic mass is 35.5. The van der Waals surface area contributed by atoms with Crippen molar-refractivity contribution in [3.63, 3.8) is 0 Å². The summed E-state index contributed by atoms with van der Waals surface area (Å²) < 4.78 is 1.60. The molecule has 2 N–H and O–H groups in total. The molecule has 1 heterocycles. The topological polar surface area (TPSA) is 83.3 Å². The lowest BCUT2D eigenvalue weighted by Gasteiger charge is -2.04. The van der Waals surface area contributed by atoms with E-state index in [0.717, 1.165) is 0 Å². The Balaban J connectivity index is 2.07. The standard InChI is InChI=1S/C16H10Cl2N4O2S/c17-10-5-6-12(13(18)7-10)14-20-21-16(25)22(14)19-8-9-3-1-2-4-11(9)15(23)24/h1-8H,(H,21,25)(H,23,24). The lowest BCUT2D eigenvalue weighted by molar-refractivity contribution is 0.0697. The van der Waals surface area contributed by atoms with Crippen molar-refractivity contribution in [3.8, 4) is 11.4 Å². The van der Waals surface area contributed by atoms with Crippen LogP contribution in [0, 0.1) is 4.77 Å². The van der Waals surface area contributed by atoms with Crippen LogP contribution in [0.1, 0.15) is 15.9 Å². The maximum Gasteiger partial charge on any atom is 0.336 e. The van der Waals surface area contributed by atoms with Gasteiger partial charge in [0.05, 0.1) is 16.8 Å². The lowest BCUT2D eigenvalue weighted by atomic mass is 10.1. The van der Waals surface area contributed by atoms with Crippen molar-refractivity contribution in [2.24, 2.45) is 5.10 Å². The van der Waals surface area contributed by atoms with Gasteiger partial charge in [-0.3, -0.25) is 0 Å². The van der Waals surface area contributed by atoms with Crippen LogP contribution in [0.4, 0.5) is 0 Å². The minimum absolute atomic E-state index is 0.132. The molecular weight excluding hydrogens is 383 g/mol. The molecule has 0 saturated carbocycles. The number of benzene rings is 2. The summed E-state index contributed by atoms with van der Waals surface area (Å²) >= 11 is 17.3. The molecule has 0 amide bonds. The third-order valence-corrected chi connectivity index (χ3v) is 4.14. The van der Waals surface area contributed by atoms with Crippen LogP contribution >= 0.6 is 35.4 Å². The van der Waals surface area contributed by atoms with E-state index in [1.165, 1.54) is 17.0 Å². The summed E-state index contributed by atoms with van der Waals surface area (Å²) in [7, 11) is 0. The largest absolute Gasteiger partial charge is 0.478 e. The number of hydrogen-bond donors (Lipinski definition) is 2. The molecule has 0 aliphatic rings. The van der Waals surface area contributed by atoms with Gasteiger partial charge in [0.2, 0.25) is 4.77 Å². The number of aromatic carboxylic acids is 1. The van der Waals surface area contributed by atoms with Crippen LogP contribution in [0.25, 0.3) is 11.4 Å². The van der Waals surface area contributed by atoms with E-state index in [-0.39, 0.29) is 10.3 Å². The van der Waals surface area contributed by atoms with Crippen LogP contribution in [0.3, 0.4) is 0 Å². The van der Waals surface area contributed by atoms with Gasteiger partial charge in [-0.05, 0) is 36.5 Å². The number of rotatable bonds is 4. The summed E-state index contributed by atoms with van der Waals surface area (Å²) in [6, 6.07) is 11.5. The van der Waals surface area contributed by atoms with Crippen molar-refractivity contribution in [2.45, 2.75) is 0 Å². The first-order chi connectivity index (χ1) is 12.0. The fraction of sp³-hybridized carbons (Fsp3) is 0.